The van der Waals surface area contributed by atoms with E-state index in [0.717, 1.165) is 0 Å². The molecule has 2 aromatic rings. The molecule has 2 saturated heterocycles. The first kappa shape index (κ1) is 16.8. The zero-order valence-electron chi connectivity index (χ0n) is 15.3. The summed E-state index contributed by atoms with van der Waals surface area (Å²) >= 11 is 0. The number of nitrogens with two attached hydrogens (primary N) is 1. The van der Waals surface area contributed by atoms with E-state index in [9.17, 15) is 4.79 Å². The van der Waals surface area contributed by atoms with E-state index in [-0.39, 0.29) is 18.0 Å². The van der Waals surface area contributed by atoms with Crippen LogP contribution in [-0.2, 0) is 23.7 Å². The molecule has 1 aliphatic carbocycles. The van der Waals surface area contributed by atoms with Crippen molar-refractivity contribution in [2.45, 2.75) is 57.0 Å². The third-order valence-electron chi connectivity index (χ3n) is 5.42. The zero-order chi connectivity index (χ0) is 19.0. The van der Waals surface area contributed by atoms with E-state index in [1.807, 2.05) is 13.8 Å². The molecule has 0 aromatic carbocycles. The molecule has 1 saturated carbocycles. The Labute approximate surface area is 155 Å². The zero-order valence-corrected chi connectivity index (χ0v) is 15.3. The van der Waals surface area contributed by atoms with E-state index in [2.05, 4.69) is 15.0 Å². The summed E-state index contributed by atoms with van der Waals surface area (Å²) in [4.78, 5) is 24.9. The van der Waals surface area contributed by atoms with Crippen molar-refractivity contribution < 1.29 is 23.7 Å². The van der Waals surface area contributed by atoms with Crippen LogP contribution in [0.1, 0.15) is 33.4 Å². The number of ether oxygens (including phenoxy) is 4. The van der Waals surface area contributed by atoms with E-state index in [4.69, 9.17) is 24.7 Å². The standard InChI is InChI=1S/C17H21N5O5/c1-4-24-15(23)8-5-17(8)11-10(25-16(2,3)26-11)14(27-17)22-7-21-9-12(18)19-6-20-13(9)22/h6-8,10-11,14H,4-5H2,1-3H3,(H2,18,19,20)/t8?,10?,11?,14?,17-/m1/s1. The van der Waals surface area contributed by atoms with Crippen molar-refractivity contribution in [1.29, 1.82) is 0 Å². The molecule has 2 aliphatic heterocycles. The highest BCUT2D eigenvalue weighted by molar-refractivity contribution is 5.81. The summed E-state index contributed by atoms with van der Waals surface area (Å²) < 4.78 is 25.6. The van der Waals surface area contributed by atoms with Crippen molar-refractivity contribution in [1.82, 2.24) is 19.5 Å². The monoisotopic (exact) mass is 375 g/mol. The Bertz CT molecular complexity index is 930. The van der Waals surface area contributed by atoms with Gasteiger partial charge in [0.25, 0.3) is 0 Å². The summed E-state index contributed by atoms with van der Waals surface area (Å²) in [7, 11) is 0. The summed E-state index contributed by atoms with van der Waals surface area (Å²) in [6.45, 7) is 5.82. The molecule has 2 aromatic heterocycles. The van der Waals surface area contributed by atoms with Crippen LogP contribution in [0.15, 0.2) is 12.7 Å². The third-order valence-corrected chi connectivity index (χ3v) is 5.42. The molecule has 10 nitrogen and oxygen atoms in total. The molecule has 2 N–H and O–H groups in total. The van der Waals surface area contributed by atoms with Crippen LogP contribution >= 0.6 is 0 Å². The molecule has 1 spiro atoms. The maximum Gasteiger partial charge on any atom is 0.312 e. The van der Waals surface area contributed by atoms with Crippen LogP contribution < -0.4 is 5.73 Å². The van der Waals surface area contributed by atoms with Crippen molar-refractivity contribution in [2.24, 2.45) is 5.92 Å². The molecule has 144 valence electrons. The summed E-state index contributed by atoms with van der Waals surface area (Å²) in [5.41, 5.74) is 6.18. The minimum atomic E-state index is -0.781. The number of aromatic nitrogens is 4. The van der Waals surface area contributed by atoms with Crippen LogP contribution in [0.2, 0.25) is 0 Å². The van der Waals surface area contributed by atoms with Crippen molar-refractivity contribution in [3.63, 3.8) is 0 Å². The Hall–Kier alpha value is -2.30. The first-order chi connectivity index (χ1) is 12.9. The maximum atomic E-state index is 12.3. The number of anilines is 1. The molecule has 5 atom stereocenters. The molecule has 10 heteroatoms. The number of imidazole rings is 1. The van der Waals surface area contributed by atoms with Crippen LogP contribution in [0.5, 0.6) is 0 Å². The predicted molar refractivity (Wildman–Crippen MR) is 91.2 cm³/mol. The van der Waals surface area contributed by atoms with Gasteiger partial charge in [0.1, 0.15) is 29.7 Å². The van der Waals surface area contributed by atoms with Gasteiger partial charge in [-0.1, -0.05) is 0 Å². The predicted octanol–water partition coefficient (Wildman–Crippen LogP) is 0.779. The maximum absolute atomic E-state index is 12.3. The number of nitrogen functional groups attached to an aromatic ring is 1. The molecule has 0 amide bonds. The number of hydrogen-bond donors (Lipinski definition) is 1. The van der Waals surface area contributed by atoms with Crippen LogP contribution in [-0.4, -0.2) is 55.7 Å². The largest absolute Gasteiger partial charge is 0.466 e. The van der Waals surface area contributed by atoms with Crippen molar-refractivity contribution in [3.05, 3.63) is 12.7 Å². The normalized spacial score (nSPS) is 36.3. The number of hydrogen-bond acceptors (Lipinski definition) is 9. The van der Waals surface area contributed by atoms with Crippen LogP contribution in [0, 0.1) is 5.92 Å². The number of fused-ring (bicyclic) bond motifs is 3. The number of carbonyl (C=O) groups excluding carboxylic acids is 1. The van der Waals surface area contributed by atoms with E-state index in [0.29, 0.717) is 30.0 Å². The number of nitrogens with zero attached hydrogens (tertiary/aromatic N) is 4. The minimum absolute atomic E-state index is 0.271. The molecule has 3 fully saturated rings. The topological polar surface area (TPSA) is 124 Å². The SMILES string of the molecule is CCOC(=O)C1C[C@@]12OC(n1cnc3c(N)ncnc31)C1OC(C)(C)OC12. The fourth-order valence-electron chi connectivity index (χ4n) is 4.24. The first-order valence-corrected chi connectivity index (χ1v) is 8.99. The lowest BCUT2D eigenvalue weighted by Gasteiger charge is -2.25. The van der Waals surface area contributed by atoms with E-state index < -0.39 is 23.7 Å². The Balaban J connectivity index is 1.54. The van der Waals surface area contributed by atoms with Gasteiger partial charge in [0.15, 0.2) is 23.5 Å². The van der Waals surface area contributed by atoms with Gasteiger partial charge in [-0.2, -0.15) is 0 Å². The van der Waals surface area contributed by atoms with Crippen LogP contribution in [0.25, 0.3) is 11.2 Å². The third kappa shape index (κ3) is 2.30. The van der Waals surface area contributed by atoms with Gasteiger partial charge < -0.3 is 24.7 Å². The minimum Gasteiger partial charge on any atom is -0.466 e. The lowest BCUT2D eigenvalue weighted by atomic mass is 10.1. The Morgan fingerprint density at radius 1 is 1.33 bits per heavy atom. The molecular weight excluding hydrogens is 354 g/mol. The molecule has 27 heavy (non-hydrogen) atoms. The summed E-state index contributed by atoms with van der Waals surface area (Å²) in [5, 5.41) is 0. The lowest BCUT2D eigenvalue weighted by molar-refractivity contribution is -0.205. The number of esters is 1. The van der Waals surface area contributed by atoms with Crippen LogP contribution in [0.3, 0.4) is 0 Å². The van der Waals surface area contributed by atoms with Gasteiger partial charge in [-0.25, -0.2) is 15.0 Å². The van der Waals surface area contributed by atoms with E-state index in [1.165, 1.54) is 6.33 Å². The fraction of sp³-hybridized carbons (Fsp3) is 0.647. The van der Waals surface area contributed by atoms with Crippen LogP contribution in [0.4, 0.5) is 5.82 Å². The van der Waals surface area contributed by atoms with Gasteiger partial charge in [0, 0.05) is 0 Å². The van der Waals surface area contributed by atoms with E-state index >= 15 is 0 Å². The lowest BCUT2D eigenvalue weighted by Crippen LogP contribution is -2.34. The molecule has 4 heterocycles. The molecule has 0 bridgehead atoms. The smallest absolute Gasteiger partial charge is 0.312 e. The van der Waals surface area contributed by atoms with Gasteiger partial charge in [-0.05, 0) is 27.2 Å². The molecule has 3 aliphatic rings. The Kier molecular flexibility index (Phi) is 3.35. The average molecular weight is 375 g/mol. The Morgan fingerprint density at radius 3 is 2.93 bits per heavy atom. The second-order valence-corrected chi connectivity index (χ2v) is 7.58. The second-order valence-electron chi connectivity index (χ2n) is 7.58. The first-order valence-electron chi connectivity index (χ1n) is 8.99. The van der Waals surface area contributed by atoms with Gasteiger partial charge in [-0.15, -0.1) is 0 Å². The van der Waals surface area contributed by atoms with Gasteiger partial charge in [0.05, 0.1) is 18.9 Å². The van der Waals surface area contributed by atoms with E-state index in [1.54, 1.807) is 17.8 Å². The molecular formula is C17H21N5O5. The summed E-state index contributed by atoms with van der Waals surface area (Å²) in [6.07, 6.45) is 2.18. The summed E-state index contributed by atoms with van der Waals surface area (Å²) in [5.74, 6) is -1.13. The molecule has 5 rings (SSSR count). The van der Waals surface area contributed by atoms with Gasteiger partial charge >= 0.3 is 5.97 Å². The fourth-order valence-corrected chi connectivity index (χ4v) is 4.24. The average Bonchev–Trinajstić information content (AvgIpc) is 2.87. The summed E-state index contributed by atoms with van der Waals surface area (Å²) in [6, 6.07) is 0. The van der Waals surface area contributed by atoms with Gasteiger partial charge in [0.2, 0.25) is 0 Å². The highest BCUT2D eigenvalue weighted by Gasteiger charge is 2.76. The van der Waals surface area contributed by atoms with Crippen molar-refractivity contribution in [3.8, 4) is 0 Å². The Morgan fingerprint density at radius 2 is 2.15 bits per heavy atom. The molecule has 0 radical (unpaired) electrons. The number of rotatable bonds is 3. The number of carbonyl (C=O) groups is 1. The second kappa shape index (κ2) is 5.37. The molecule has 4 unspecified atom stereocenters. The van der Waals surface area contributed by atoms with Crippen molar-refractivity contribution in [2.75, 3.05) is 12.3 Å². The van der Waals surface area contributed by atoms with Crippen molar-refractivity contribution >= 4 is 23.0 Å². The quantitative estimate of drug-likeness (QED) is 0.775. The highest BCUT2D eigenvalue weighted by atomic mass is 16.8. The highest BCUT2D eigenvalue weighted by Crippen LogP contribution is 2.62. The van der Waals surface area contributed by atoms with Gasteiger partial charge in [-0.3, -0.25) is 9.36 Å².